The van der Waals surface area contributed by atoms with Gasteiger partial charge in [0.25, 0.3) is 0 Å². The fourth-order valence-corrected chi connectivity index (χ4v) is 2.68. The van der Waals surface area contributed by atoms with Crippen molar-refractivity contribution in [2.75, 3.05) is 6.54 Å². The minimum absolute atomic E-state index is 0.0430. The first kappa shape index (κ1) is 17.0. The van der Waals surface area contributed by atoms with Crippen LogP contribution in [0.15, 0.2) is 0 Å². The minimum Gasteiger partial charge on any atom is -0.481 e. The van der Waals surface area contributed by atoms with Gasteiger partial charge in [-0.05, 0) is 39.0 Å². The highest BCUT2D eigenvalue weighted by atomic mass is 16.4. The molecule has 116 valence electrons. The van der Waals surface area contributed by atoms with Crippen LogP contribution in [0.2, 0.25) is 0 Å². The topological polar surface area (TPSA) is 78.4 Å². The second-order valence-electron chi connectivity index (χ2n) is 5.77. The van der Waals surface area contributed by atoms with E-state index in [4.69, 9.17) is 5.11 Å². The van der Waals surface area contributed by atoms with E-state index < -0.39 is 5.97 Å². The summed E-state index contributed by atoms with van der Waals surface area (Å²) in [6.45, 7) is 4.75. The summed E-state index contributed by atoms with van der Waals surface area (Å²) in [5, 5.41) is 15.2. The summed E-state index contributed by atoms with van der Waals surface area (Å²) in [7, 11) is 0. The molecule has 1 aliphatic rings. The van der Waals surface area contributed by atoms with E-state index in [1.807, 2.05) is 6.92 Å². The quantitative estimate of drug-likeness (QED) is 0.595. The van der Waals surface area contributed by atoms with Crippen molar-refractivity contribution in [3.63, 3.8) is 0 Å². The summed E-state index contributed by atoms with van der Waals surface area (Å²) < 4.78 is 0. The Kier molecular flexibility index (Phi) is 7.59. The molecule has 0 saturated heterocycles. The molecule has 1 unspecified atom stereocenters. The zero-order chi connectivity index (χ0) is 15.0. The van der Waals surface area contributed by atoms with Crippen LogP contribution in [0.5, 0.6) is 0 Å². The van der Waals surface area contributed by atoms with Gasteiger partial charge in [0.1, 0.15) is 0 Å². The van der Waals surface area contributed by atoms with Crippen molar-refractivity contribution in [3.8, 4) is 0 Å². The van der Waals surface area contributed by atoms with Crippen LogP contribution in [0.4, 0.5) is 0 Å². The molecule has 20 heavy (non-hydrogen) atoms. The molecule has 1 fully saturated rings. The SMILES string of the molecule is CCCCCNC(=O)C(C)NC1CCC(C(=O)O)CC1. The lowest BCUT2D eigenvalue weighted by molar-refractivity contribution is -0.143. The molecular formula is C15H28N2O3. The Balaban J connectivity index is 2.20. The number of carbonyl (C=O) groups excluding carboxylic acids is 1. The van der Waals surface area contributed by atoms with Gasteiger partial charge in [-0.25, -0.2) is 0 Å². The van der Waals surface area contributed by atoms with Crippen molar-refractivity contribution in [1.29, 1.82) is 0 Å². The zero-order valence-corrected chi connectivity index (χ0v) is 12.7. The molecule has 1 atom stereocenters. The summed E-state index contributed by atoms with van der Waals surface area (Å²) in [6, 6.07) is 0.0602. The van der Waals surface area contributed by atoms with Gasteiger partial charge in [0, 0.05) is 12.6 Å². The largest absolute Gasteiger partial charge is 0.481 e. The molecule has 0 spiro atoms. The lowest BCUT2D eigenvalue weighted by Gasteiger charge is -2.29. The van der Waals surface area contributed by atoms with Crippen molar-refractivity contribution in [2.24, 2.45) is 5.92 Å². The van der Waals surface area contributed by atoms with Crippen molar-refractivity contribution < 1.29 is 14.7 Å². The first-order chi connectivity index (χ1) is 9.54. The second kappa shape index (κ2) is 8.95. The summed E-state index contributed by atoms with van der Waals surface area (Å²) >= 11 is 0. The Morgan fingerprint density at radius 1 is 1.20 bits per heavy atom. The van der Waals surface area contributed by atoms with E-state index in [1.54, 1.807) is 0 Å². The van der Waals surface area contributed by atoms with E-state index >= 15 is 0 Å². The Hall–Kier alpha value is -1.10. The number of unbranched alkanes of at least 4 members (excludes halogenated alkanes) is 2. The molecule has 5 nitrogen and oxygen atoms in total. The third-order valence-electron chi connectivity index (χ3n) is 4.03. The van der Waals surface area contributed by atoms with Gasteiger partial charge in [0.2, 0.25) is 5.91 Å². The minimum atomic E-state index is -0.690. The van der Waals surface area contributed by atoms with Gasteiger partial charge in [-0.2, -0.15) is 0 Å². The first-order valence-electron chi connectivity index (χ1n) is 7.81. The predicted octanol–water partition coefficient (Wildman–Crippen LogP) is 1.91. The van der Waals surface area contributed by atoms with Crippen LogP contribution in [0.3, 0.4) is 0 Å². The Labute approximate surface area is 121 Å². The first-order valence-corrected chi connectivity index (χ1v) is 7.81. The molecule has 0 aromatic carbocycles. The highest BCUT2D eigenvalue weighted by molar-refractivity contribution is 5.81. The van der Waals surface area contributed by atoms with Gasteiger partial charge in [0.05, 0.1) is 12.0 Å². The number of carboxylic acid groups (broad SMARTS) is 1. The Morgan fingerprint density at radius 2 is 1.85 bits per heavy atom. The molecule has 3 N–H and O–H groups in total. The summed E-state index contributed by atoms with van der Waals surface area (Å²) in [5.41, 5.74) is 0. The third-order valence-corrected chi connectivity index (χ3v) is 4.03. The maximum Gasteiger partial charge on any atom is 0.306 e. The summed E-state index contributed by atoms with van der Waals surface area (Å²) in [4.78, 5) is 22.8. The smallest absolute Gasteiger partial charge is 0.306 e. The fraction of sp³-hybridized carbons (Fsp3) is 0.867. The number of hydrogen-bond donors (Lipinski definition) is 3. The number of carbonyl (C=O) groups is 2. The fourth-order valence-electron chi connectivity index (χ4n) is 2.68. The van der Waals surface area contributed by atoms with E-state index in [1.165, 1.54) is 0 Å². The van der Waals surface area contributed by atoms with Crippen LogP contribution in [-0.4, -0.2) is 35.6 Å². The van der Waals surface area contributed by atoms with Gasteiger partial charge in [-0.15, -0.1) is 0 Å². The normalized spacial score (nSPS) is 24.1. The van der Waals surface area contributed by atoms with Gasteiger partial charge < -0.3 is 15.7 Å². The number of carboxylic acids is 1. The molecule has 0 aromatic rings. The van der Waals surface area contributed by atoms with E-state index in [0.29, 0.717) is 12.8 Å². The number of aliphatic carboxylic acids is 1. The monoisotopic (exact) mass is 284 g/mol. The molecule has 1 rings (SSSR count). The van der Waals surface area contributed by atoms with E-state index in [2.05, 4.69) is 17.6 Å². The Bertz CT molecular complexity index is 312. The van der Waals surface area contributed by atoms with E-state index in [-0.39, 0.29) is 23.9 Å². The van der Waals surface area contributed by atoms with Crippen LogP contribution >= 0.6 is 0 Å². The van der Waals surface area contributed by atoms with Gasteiger partial charge in [-0.3, -0.25) is 9.59 Å². The molecule has 0 heterocycles. The number of hydrogen-bond acceptors (Lipinski definition) is 3. The highest BCUT2D eigenvalue weighted by Crippen LogP contribution is 2.24. The van der Waals surface area contributed by atoms with Crippen LogP contribution in [-0.2, 0) is 9.59 Å². The Morgan fingerprint density at radius 3 is 2.40 bits per heavy atom. The van der Waals surface area contributed by atoms with Gasteiger partial charge in [-0.1, -0.05) is 19.8 Å². The lowest BCUT2D eigenvalue weighted by Crippen LogP contribution is -2.48. The van der Waals surface area contributed by atoms with E-state index in [0.717, 1.165) is 38.6 Å². The maximum absolute atomic E-state index is 11.9. The van der Waals surface area contributed by atoms with Crippen molar-refractivity contribution in [1.82, 2.24) is 10.6 Å². The average Bonchev–Trinajstić information content (AvgIpc) is 2.44. The van der Waals surface area contributed by atoms with Crippen LogP contribution in [0, 0.1) is 5.92 Å². The standard InChI is InChI=1S/C15H28N2O3/c1-3-4-5-10-16-14(18)11(2)17-13-8-6-12(7-9-13)15(19)20/h11-13,17H,3-10H2,1-2H3,(H,16,18)(H,19,20). The van der Waals surface area contributed by atoms with Crippen LogP contribution < -0.4 is 10.6 Å². The molecule has 0 aromatic heterocycles. The predicted molar refractivity (Wildman–Crippen MR) is 78.5 cm³/mol. The second-order valence-corrected chi connectivity index (χ2v) is 5.77. The maximum atomic E-state index is 11.9. The number of nitrogens with one attached hydrogen (secondary N) is 2. The molecule has 0 aliphatic heterocycles. The van der Waals surface area contributed by atoms with Crippen molar-refractivity contribution in [2.45, 2.75) is 70.9 Å². The molecule has 1 aliphatic carbocycles. The zero-order valence-electron chi connectivity index (χ0n) is 12.7. The summed E-state index contributed by atoms with van der Waals surface area (Å²) in [6.07, 6.45) is 6.40. The molecule has 0 bridgehead atoms. The van der Waals surface area contributed by atoms with Crippen molar-refractivity contribution >= 4 is 11.9 Å². The molecular weight excluding hydrogens is 256 g/mol. The molecule has 5 heteroatoms. The average molecular weight is 284 g/mol. The lowest BCUT2D eigenvalue weighted by atomic mass is 9.86. The molecule has 1 amide bonds. The van der Waals surface area contributed by atoms with Crippen LogP contribution in [0.1, 0.15) is 58.8 Å². The van der Waals surface area contributed by atoms with Crippen molar-refractivity contribution in [3.05, 3.63) is 0 Å². The molecule has 1 saturated carbocycles. The van der Waals surface area contributed by atoms with Gasteiger partial charge in [0.15, 0.2) is 0 Å². The van der Waals surface area contributed by atoms with Gasteiger partial charge >= 0.3 is 5.97 Å². The highest BCUT2D eigenvalue weighted by Gasteiger charge is 2.27. The van der Waals surface area contributed by atoms with Crippen LogP contribution in [0.25, 0.3) is 0 Å². The third kappa shape index (κ3) is 5.90. The molecule has 0 radical (unpaired) electrons. The summed E-state index contributed by atoms with van der Waals surface area (Å²) in [5.74, 6) is -0.849. The number of rotatable bonds is 8. The number of amides is 1. The van der Waals surface area contributed by atoms with E-state index in [9.17, 15) is 9.59 Å².